The number of hydrogen-bond donors (Lipinski definition) is 1. The van der Waals surface area contributed by atoms with Crippen LogP contribution in [-0.2, 0) is 6.18 Å². The first-order valence-corrected chi connectivity index (χ1v) is 5.89. The molecule has 0 saturated carbocycles. The standard InChI is InChI=1S/C14H6F7NO/c15-9-7(5-2-1-3-6(4-5)14(19,20)21)10(16)12(18)8(11(9)17)13(22)23/h1-4H,(H2,22,23). The second kappa shape index (κ2) is 5.56. The molecular formula is C14H6F7NO. The van der Waals surface area contributed by atoms with Gasteiger partial charge in [0.2, 0.25) is 0 Å². The second-order valence-electron chi connectivity index (χ2n) is 4.45. The van der Waals surface area contributed by atoms with E-state index in [4.69, 9.17) is 0 Å². The average Bonchev–Trinajstić information content (AvgIpc) is 2.45. The number of nitrogens with two attached hydrogens (primary N) is 1. The summed E-state index contributed by atoms with van der Waals surface area (Å²) in [6.07, 6.45) is -4.83. The molecule has 1 amide bonds. The fourth-order valence-corrected chi connectivity index (χ4v) is 1.95. The fourth-order valence-electron chi connectivity index (χ4n) is 1.95. The molecule has 2 aromatic carbocycles. The summed E-state index contributed by atoms with van der Waals surface area (Å²) in [5.41, 5.74) is -0.402. The van der Waals surface area contributed by atoms with Crippen molar-refractivity contribution in [1.82, 2.24) is 0 Å². The van der Waals surface area contributed by atoms with E-state index in [1.165, 1.54) is 0 Å². The Bertz CT molecular complexity index is 769. The summed E-state index contributed by atoms with van der Waals surface area (Å²) in [5, 5.41) is 0. The minimum absolute atomic E-state index is 0.324. The number of rotatable bonds is 2. The molecule has 2 nitrogen and oxygen atoms in total. The van der Waals surface area contributed by atoms with E-state index in [0.717, 1.165) is 12.1 Å². The molecule has 2 N–H and O–H groups in total. The number of amides is 1. The van der Waals surface area contributed by atoms with Gasteiger partial charge in [0.25, 0.3) is 5.91 Å². The number of benzene rings is 2. The van der Waals surface area contributed by atoms with Crippen molar-refractivity contribution in [3.05, 3.63) is 58.7 Å². The lowest BCUT2D eigenvalue weighted by molar-refractivity contribution is -0.137. The molecule has 0 bridgehead atoms. The fraction of sp³-hybridized carbons (Fsp3) is 0.0714. The van der Waals surface area contributed by atoms with Crippen LogP contribution < -0.4 is 5.73 Å². The highest BCUT2D eigenvalue weighted by molar-refractivity contribution is 5.94. The zero-order valence-corrected chi connectivity index (χ0v) is 10.9. The molecule has 0 fully saturated rings. The minimum atomic E-state index is -4.83. The lowest BCUT2D eigenvalue weighted by Crippen LogP contribution is -2.18. The van der Waals surface area contributed by atoms with Crippen LogP contribution in [0.2, 0.25) is 0 Å². The van der Waals surface area contributed by atoms with Crippen molar-refractivity contribution in [1.29, 1.82) is 0 Å². The predicted molar refractivity (Wildman–Crippen MR) is 65.2 cm³/mol. The maximum absolute atomic E-state index is 13.9. The number of alkyl halides is 3. The molecule has 122 valence electrons. The molecule has 9 heteroatoms. The first-order valence-electron chi connectivity index (χ1n) is 5.89. The Morgan fingerprint density at radius 3 is 1.87 bits per heavy atom. The van der Waals surface area contributed by atoms with Crippen LogP contribution in [0.5, 0.6) is 0 Å². The van der Waals surface area contributed by atoms with Gasteiger partial charge in [0.05, 0.1) is 11.1 Å². The summed E-state index contributed by atoms with van der Waals surface area (Å²) >= 11 is 0. The Morgan fingerprint density at radius 1 is 0.913 bits per heavy atom. The van der Waals surface area contributed by atoms with Crippen LogP contribution in [0.1, 0.15) is 15.9 Å². The third-order valence-corrected chi connectivity index (χ3v) is 2.99. The summed E-state index contributed by atoms with van der Waals surface area (Å²) in [4.78, 5) is 10.8. The third kappa shape index (κ3) is 2.86. The maximum atomic E-state index is 13.9. The summed E-state index contributed by atoms with van der Waals surface area (Å²) in [6.45, 7) is 0. The molecule has 0 heterocycles. The molecule has 23 heavy (non-hydrogen) atoms. The van der Waals surface area contributed by atoms with Gasteiger partial charge in [0.15, 0.2) is 23.3 Å². The smallest absolute Gasteiger partial charge is 0.365 e. The topological polar surface area (TPSA) is 43.1 Å². The van der Waals surface area contributed by atoms with Crippen molar-refractivity contribution in [2.24, 2.45) is 5.73 Å². The molecule has 0 aliphatic rings. The van der Waals surface area contributed by atoms with E-state index in [-0.39, 0.29) is 0 Å². The lowest BCUT2D eigenvalue weighted by Gasteiger charge is -2.12. The molecule has 0 radical (unpaired) electrons. The van der Waals surface area contributed by atoms with Crippen LogP contribution >= 0.6 is 0 Å². The molecule has 2 rings (SSSR count). The number of primary amides is 1. The number of carbonyl (C=O) groups excluding carboxylic acids is 1. The first kappa shape index (κ1) is 16.8. The Morgan fingerprint density at radius 2 is 1.43 bits per heavy atom. The van der Waals surface area contributed by atoms with Crippen LogP contribution in [0.25, 0.3) is 11.1 Å². The van der Waals surface area contributed by atoms with Crippen LogP contribution in [0.4, 0.5) is 30.7 Å². The molecule has 2 aromatic rings. The summed E-state index contributed by atoms with van der Waals surface area (Å²) in [7, 11) is 0. The second-order valence-corrected chi connectivity index (χ2v) is 4.45. The van der Waals surface area contributed by atoms with Crippen molar-refractivity contribution in [3.8, 4) is 11.1 Å². The van der Waals surface area contributed by atoms with E-state index in [2.05, 4.69) is 5.73 Å². The van der Waals surface area contributed by atoms with E-state index in [9.17, 15) is 35.5 Å². The molecule has 0 aromatic heterocycles. The number of halogens is 7. The van der Waals surface area contributed by atoms with E-state index >= 15 is 0 Å². The van der Waals surface area contributed by atoms with Crippen LogP contribution in [0.15, 0.2) is 24.3 Å². The van der Waals surface area contributed by atoms with Crippen molar-refractivity contribution in [2.45, 2.75) is 6.18 Å². The van der Waals surface area contributed by atoms with Crippen LogP contribution in [0, 0.1) is 23.3 Å². The summed E-state index contributed by atoms with van der Waals surface area (Å²) in [5.74, 6) is -9.95. The predicted octanol–water partition coefficient (Wildman–Crippen LogP) is 4.03. The van der Waals surface area contributed by atoms with Gasteiger partial charge in [-0.05, 0) is 17.7 Å². The number of carbonyl (C=O) groups is 1. The van der Waals surface area contributed by atoms with Gasteiger partial charge in [-0.25, -0.2) is 17.6 Å². The lowest BCUT2D eigenvalue weighted by atomic mass is 9.99. The van der Waals surface area contributed by atoms with Crippen molar-refractivity contribution >= 4 is 5.91 Å². The van der Waals surface area contributed by atoms with Crippen LogP contribution in [-0.4, -0.2) is 5.91 Å². The van der Waals surface area contributed by atoms with E-state index in [1.54, 1.807) is 0 Å². The molecule has 0 unspecified atom stereocenters. The summed E-state index contributed by atoms with van der Waals surface area (Å²) < 4.78 is 93.0. The van der Waals surface area contributed by atoms with Crippen LogP contribution in [0.3, 0.4) is 0 Å². The Hall–Kier alpha value is -2.58. The highest BCUT2D eigenvalue weighted by atomic mass is 19.4. The third-order valence-electron chi connectivity index (χ3n) is 2.99. The zero-order valence-electron chi connectivity index (χ0n) is 10.9. The number of hydrogen-bond acceptors (Lipinski definition) is 1. The monoisotopic (exact) mass is 337 g/mol. The maximum Gasteiger partial charge on any atom is 0.416 e. The summed E-state index contributed by atoms with van der Waals surface area (Å²) in [6, 6.07) is 2.59. The van der Waals surface area contributed by atoms with E-state index in [1.807, 2.05) is 0 Å². The first-order chi connectivity index (χ1) is 10.6. The molecule has 0 saturated heterocycles. The largest absolute Gasteiger partial charge is 0.416 e. The van der Waals surface area contributed by atoms with Gasteiger partial charge < -0.3 is 5.73 Å². The van der Waals surface area contributed by atoms with Crippen molar-refractivity contribution < 1.29 is 35.5 Å². The Kier molecular flexibility index (Phi) is 4.06. The van der Waals surface area contributed by atoms with Gasteiger partial charge in [-0.2, -0.15) is 13.2 Å². The van der Waals surface area contributed by atoms with Crippen molar-refractivity contribution in [2.75, 3.05) is 0 Å². The SMILES string of the molecule is NC(=O)c1c(F)c(F)c(-c2cccc(C(F)(F)F)c2)c(F)c1F. The Balaban J connectivity index is 2.78. The molecule has 0 aliphatic heterocycles. The quantitative estimate of drug-likeness (QED) is 0.653. The molecule has 0 atom stereocenters. The average molecular weight is 337 g/mol. The van der Waals surface area contributed by atoms with Gasteiger partial charge in [0, 0.05) is 0 Å². The van der Waals surface area contributed by atoms with Crippen molar-refractivity contribution in [3.63, 3.8) is 0 Å². The van der Waals surface area contributed by atoms with Gasteiger partial charge in [-0.1, -0.05) is 12.1 Å². The van der Waals surface area contributed by atoms with Gasteiger partial charge in [0.1, 0.15) is 5.56 Å². The molecule has 0 aliphatic carbocycles. The normalized spacial score (nSPS) is 11.6. The molecule has 0 spiro atoms. The minimum Gasteiger partial charge on any atom is -0.365 e. The Labute approximate surface area is 124 Å². The van der Waals surface area contributed by atoms with E-state index in [0.29, 0.717) is 12.1 Å². The van der Waals surface area contributed by atoms with Gasteiger partial charge in [-0.15, -0.1) is 0 Å². The van der Waals surface area contributed by atoms with Gasteiger partial charge in [-0.3, -0.25) is 4.79 Å². The molecular weight excluding hydrogens is 331 g/mol. The van der Waals surface area contributed by atoms with E-state index < -0.39 is 57.6 Å². The van der Waals surface area contributed by atoms with Gasteiger partial charge >= 0.3 is 6.18 Å². The zero-order chi connectivity index (χ0) is 17.5. The highest BCUT2D eigenvalue weighted by Gasteiger charge is 2.33. The highest BCUT2D eigenvalue weighted by Crippen LogP contribution is 2.36.